The van der Waals surface area contributed by atoms with Gasteiger partial charge in [-0.1, -0.05) is 43.1 Å². The lowest BCUT2D eigenvalue weighted by Crippen LogP contribution is -2.53. The second-order valence-corrected chi connectivity index (χ2v) is 6.13. The van der Waals surface area contributed by atoms with Crippen molar-refractivity contribution in [1.82, 2.24) is 4.90 Å². The fraction of sp³-hybridized carbons (Fsp3) is 0.600. The summed E-state index contributed by atoms with van der Waals surface area (Å²) in [6.45, 7) is 10.2. The maximum Gasteiger partial charge on any atom is 0.0759 e. The van der Waals surface area contributed by atoms with Gasteiger partial charge in [0.05, 0.1) is 6.10 Å². The average Bonchev–Trinajstić information content (AvgIpc) is 2.33. The van der Waals surface area contributed by atoms with E-state index in [1.807, 2.05) is 6.07 Å². The minimum atomic E-state index is -0.480. The van der Waals surface area contributed by atoms with Crippen molar-refractivity contribution >= 4 is 23.2 Å². The molecule has 2 nitrogen and oxygen atoms in total. The first-order valence-corrected chi connectivity index (χ1v) is 7.45. The summed E-state index contributed by atoms with van der Waals surface area (Å²) >= 11 is 12.0. The van der Waals surface area contributed by atoms with Crippen LogP contribution in [0.1, 0.15) is 33.3 Å². The van der Waals surface area contributed by atoms with Crippen LogP contribution in [0.5, 0.6) is 0 Å². The highest BCUT2D eigenvalue weighted by Crippen LogP contribution is 2.26. The lowest BCUT2D eigenvalue weighted by molar-refractivity contribution is -0.00414. The van der Waals surface area contributed by atoms with Gasteiger partial charge in [-0.2, -0.15) is 0 Å². The van der Waals surface area contributed by atoms with Crippen LogP contribution < -0.4 is 0 Å². The Balaban J connectivity index is 2.86. The van der Waals surface area contributed by atoms with Crippen molar-refractivity contribution in [3.05, 3.63) is 33.8 Å². The number of benzene rings is 1. The van der Waals surface area contributed by atoms with Crippen LogP contribution in [0.25, 0.3) is 0 Å². The zero-order valence-corrected chi connectivity index (χ0v) is 13.6. The second kappa shape index (κ2) is 6.94. The average molecular weight is 304 g/mol. The van der Waals surface area contributed by atoms with Gasteiger partial charge in [-0.15, -0.1) is 0 Å². The van der Waals surface area contributed by atoms with Gasteiger partial charge >= 0.3 is 0 Å². The quantitative estimate of drug-likeness (QED) is 0.858. The molecule has 0 bridgehead atoms. The smallest absolute Gasteiger partial charge is 0.0759 e. The van der Waals surface area contributed by atoms with Crippen molar-refractivity contribution in [3.8, 4) is 0 Å². The molecule has 0 aliphatic carbocycles. The predicted molar refractivity (Wildman–Crippen MR) is 83.2 cm³/mol. The highest BCUT2D eigenvalue weighted by molar-refractivity contribution is 6.35. The fourth-order valence-electron chi connectivity index (χ4n) is 2.39. The second-order valence-electron chi connectivity index (χ2n) is 5.28. The number of aliphatic hydroxyl groups excluding tert-OH is 1. The Hall–Kier alpha value is -0.280. The summed E-state index contributed by atoms with van der Waals surface area (Å²) in [4.78, 5) is 2.25. The molecule has 4 heteroatoms. The molecule has 1 unspecified atom stereocenters. The fourth-order valence-corrected chi connectivity index (χ4v) is 2.88. The summed E-state index contributed by atoms with van der Waals surface area (Å²) in [5.74, 6) is 0. The third-order valence-electron chi connectivity index (χ3n) is 3.82. The molecule has 0 saturated heterocycles. The maximum atomic E-state index is 10.5. The Morgan fingerprint density at radius 2 is 1.79 bits per heavy atom. The van der Waals surface area contributed by atoms with Crippen LogP contribution in [0.15, 0.2) is 18.2 Å². The number of aliphatic hydroxyl groups is 1. The third-order valence-corrected chi connectivity index (χ3v) is 4.41. The minimum Gasteiger partial charge on any atom is -0.391 e. The van der Waals surface area contributed by atoms with E-state index in [1.165, 1.54) is 0 Å². The van der Waals surface area contributed by atoms with Crippen LogP contribution in [0.2, 0.25) is 10.0 Å². The van der Waals surface area contributed by atoms with Crippen LogP contribution in [-0.4, -0.2) is 34.7 Å². The molecule has 1 rings (SSSR count). The van der Waals surface area contributed by atoms with Crippen LogP contribution >= 0.6 is 23.2 Å². The minimum absolute atomic E-state index is 0.285. The van der Waals surface area contributed by atoms with E-state index in [-0.39, 0.29) is 5.54 Å². The summed E-state index contributed by atoms with van der Waals surface area (Å²) in [5, 5.41) is 11.8. The summed E-state index contributed by atoms with van der Waals surface area (Å²) in [6, 6.07) is 5.40. The monoisotopic (exact) mass is 303 g/mol. The van der Waals surface area contributed by atoms with Gasteiger partial charge in [0.1, 0.15) is 0 Å². The molecule has 0 aliphatic rings. The summed E-state index contributed by atoms with van der Waals surface area (Å²) < 4.78 is 0. The van der Waals surface area contributed by atoms with E-state index in [9.17, 15) is 5.11 Å². The van der Waals surface area contributed by atoms with E-state index >= 15 is 0 Å². The van der Waals surface area contributed by atoms with Crippen molar-refractivity contribution in [2.45, 2.75) is 45.8 Å². The van der Waals surface area contributed by atoms with Gasteiger partial charge in [0.15, 0.2) is 0 Å². The van der Waals surface area contributed by atoms with Gasteiger partial charge in [-0.3, -0.25) is 4.90 Å². The van der Waals surface area contributed by atoms with Gasteiger partial charge in [0.25, 0.3) is 0 Å². The largest absolute Gasteiger partial charge is 0.391 e. The Kier molecular flexibility index (Phi) is 6.13. The highest BCUT2D eigenvalue weighted by Gasteiger charge is 2.32. The molecule has 0 aliphatic heterocycles. The summed E-state index contributed by atoms with van der Waals surface area (Å²) in [7, 11) is 0. The molecule has 108 valence electrons. The van der Waals surface area contributed by atoms with Crippen LogP contribution in [0, 0.1) is 0 Å². The molecule has 1 N–H and O–H groups in total. The number of rotatable bonds is 6. The SMILES string of the molecule is CCN(CC)C(C)(C)C(O)Cc1ccc(Cl)cc1Cl. The van der Waals surface area contributed by atoms with E-state index in [4.69, 9.17) is 23.2 Å². The molecule has 0 radical (unpaired) electrons. The number of halogens is 2. The molecule has 0 spiro atoms. The van der Waals surface area contributed by atoms with Crippen molar-refractivity contribution in [2.75, 3.05) is 13.1 Å². The molecular weight excluding hydrogens is 281 g/mol. The van der Waals surface area contributed by atoms with E-state index in [0.717, 1.165) is 18.7 Å². The topological polar surface area (TPSA) is 23.5 Å². The first-order chi connectivity index (χ1) is 8.82. The molecule has 0 amide bonds. The van der Waals surface area contributed by atoms with Gasteiger partial charge in [0, 0.05) is 22.0 Å². The number of nitrogens with zero attached hydrogens (tertiary/aromatic N) is 1. The Bertz CT molecular complexity index is 417. The number of hydrogen-bond acceptors (Lipinski definition) is 2. The first kappa shape index (κ1) is 16.8. The molecule has 19 heavy (non-hydrogen) atoms. The van der Waals surface area contributed by atoms with Crippen molar-refractivity contribution in [1.29, 1.82) is 0 Å². The third kappa shape index (κ3) is 4.09. The Morgan fingerprint density at radius 3 is 2.26 bits per heavy atom. The van der Waals surface area contributed by atoms with E-state index in [0.29, 0.717) is 16.5 Å². The van der Waals surface area contributed by atoms with Gasteiger partial charge < -0.3 is 5.11 Å². The number of hydrogen-bond donors (Lipinski definition) is 1. The van der Waals surface area contributed by atoms with Crippen LogP contribution in [-0.2, 0) is 6.42 Å². The Labute approximate surface area is 126 Å². The standard InChI is InChI=1S/C15H23Cl2NO/c1-5-18(6-2)15(3,4)14(19)9-11-7-8-12(16)10-13(11)17/h7-8,10,14,19H,5-6,9H2,1-4H3. The highest BCUT2D eigenvalue weighted by atomic mass is 35.5. The van der Waals surface area contributed by atoms with Gasteiger partial charge in [-0.25, -0.2) is 0 Å². The van der Waals surface area contributed by atoms with E-state index < -0.39 is 6.10 Å². The molecule has 1 aromatic rings. The lowest BCUT2D eigenvalue weighted by Gasteiger charge is -2.41. The summed E-state index contributed by atoms with van der Waals surface area (Å²) in [5.41, 5.74) is 0.644. The molecular formula is C15H23Cl2NO. The zero-order valence-electron chi connectivity index (χ0n) is 12.1. The molecule has 1 atom stereocenters. The maximum absolute atomic E-state index is 10.5. The predicted octanol–water partition coefficient (Wildman–Crippen LogP) is 4.02. The van der Waals surface area contributed by atoms with Crippen molar-refractivity contribution < 1.29 is 5.11 Å². The van der Waals surface area contributed by atoms with E-state index in [1.54, 1.807) is 12.1 Å². The molecule has 0 aromatic heterocycles. The van der Waals surface area contributed by atoms with Gasteiger partial charge in [-0.05, 0) is 44.6 Å². The Morgan fingerprint density at radius 1 is 1.21 bits per heavy atom. The van der Waals surface area contributed by atoms with E-state index in [2.05, 4.69) is 32.6 Å². The van der Waals surface area contributed by atoms with Crippen LogP contribution in [0.4, 0.5) is 0 Å². The number of likely N-dealkylation sites (N-methyl/N-ethyl adjacent to an activating group) is 1. The van der Waals surface area contributed by atoms with Crippen molar-refractivity contribution in [2.24, 2.45) is 0 Å². The molecule has 0 fully saturated rings. The van der Waals surface area contributed by atoms with Crippen LogP contribution in [0.3, 0.4) is 0 Å². The summed E-state index contributed by atoms with van der Waals surface area (Å²) in [6.07, 6.45) is 0.0468. The lowest BCUT2D eigenvalue weighted by atomic mass is 9.90. The van der Waals surface area contributed by atoms with Gasteiger partial charge in [0.2, 0.25) is 0 Å². The zero-order chi connectivity index (χ0) is 14.6. The van der Waals surface area contributed by atoms with Crippen molar-refractivity contribution in [3.63, 3.8) is 0 Å². The normalized spacial score (nSPS) is 13.9. The molecule has 0 saturated carbocycles. The molecule has 1 aromatic carbocycles. The first-order valence-electron chi connectivity index (χ1n) is 6.69. The molecule has 0 heterocycles.